The van der Waals surface area contributed by atoms with Gasteiger partial charge in [-0.1, -0.05) is 38.5 Å². The van der Waals surface area contributed by atoms with Crippen LogP contribution < -0.4 is 5.32 Å². The van der Waals surface area contributed by atoms with Gasteiger partial charge in [0, 0.05) is 43.6 Å². The fourth-order valence-electron chi connectivity index (χ4n) is 5.73. The first-order chi connectivity index (χ1) is 12.7. The molecule has 148 valence electrons. The zero-order chi connectivity index (χ0) is 19.4. The van der Waals surface area contributed by atoms with E-state index in [0.29, 0.717) is 23.4 Å². The summed E-state index contributed by atoms with van der Waals surface area (Å²) in [5, 5.41) is 3.22. The van der Waals surface area contributed by atoms with E-state index < -0.39 is 0 Å². The maximum absolute atomic E-state index is 12.7. The van der Waals surface area contributed by atoms with Gasteiger partial charge in [-0.3, -0.25) is 9.69 Å². The monoisotopic (exact) mass is 370 g/mol. The first kappa shape index (κ1) is 18.9. The van der Waals surface area contributed by atoms with Crippen molar-refractivity contribution in [1.82, 2.24) is 10.2 Å². The summed E-state index contributed by atoms with van der Waals surface area (Å²) in [6, 6.07) is 6.03. The Bertz CT molecular complexity index is 738. The summed E-state index contributed by atoms with van der Waals surface area (Å²) in [6.45, 7) is 15.0. The second kappa shape index (κ2) is 6.59. The molecule has 1 N–H and O–H groups in total. The van der Waals surface area contributed by atoms with Crippen molar-refractivity contribution in [2.24, 2.45) is 17.3 Å². The molecule has 3 heterocycles. The fourth-order valence-corrected chi connectivity index (χ4v) is 5.73. The van der Waals surface area contributed by atoms with E-state index in [-0.39, 0.29) is 11.5 Å². The number of hydrogen-bond acceptors (Lipinski definition) is 3. The quantitative estimate of drug-likeness (QED) is 0.881. The van der Waals surface area contributed by atoms with Gasteiger partial charge in [-0.15, -0.1) is 0 Å². The molecule has 0 aromatic heterocycles. The normalized spacial score (nSPS) is 32.7. The van der Waals surface area contributed by atoms with Gasteiger partial charge < -0.3 is 10.1 Å². The molecule has 4 rings (SSSR count). The third kappa shape index (κ3) is 3.54. The van der Waals surface area contributed by atoms with Crippen LogP contribution in [-0.4, -0.2) is 48.7 Å². The van der Waals surface area contributed by atoms with Gasteiger partial charge in [0.25, 0.3) is 5.91 Å². The Labute approximate surface area is 163 Å². The van der Waals surface area contributed by atoms with Crippen LogP contribution in [-0.2, 0) is 4.74 Å². The lowest BCUT2D eigenvalue weighted by Gasteiger charge is -2.29. The van der Waals surface area contributed by atoms with E-state index in [1.807, 2.05) is 19.1 Å². The number of rotatable bonds is 4. The van der Waals surface area contributed by atoms with Crippen LogP contribution in [0, 0.1) is 31.1 Å². The van der Waals surface area contributed by atoms with Crippen LogP contribution >= 0.6 is 0 Å². The molecule has 3 fully saturated rings. The highest BCUT2D eigenvalue weighted by molar-refractivity contribution is 5.95. The summed E-state index contributed by atoms with van der Waals surface area (Å²) >= 11 is 0. The number of ether oxygens (including phenoxy) is 1. The highest BCUT2D eigenvalue weighted by Gasteiger charge is 2.62. The highest BCUT2D eigenvalue weighted by atomic mass is 16.5. The van der Waals surface area contributed by atoms with Gasteiger partial charge in [-0.2, -0.15) is 0 Å². The summed E-state index contributed by atoms with van der Waals surface area (Å²) in [4.78, 5) is 15.3. The molecule has 4 atom stereocenters. The molecule has 4 nitrogen and oxygen atoms in total. The number of benzene rings is 1. The Hall–Kier alpha value is -1.39. The van der Waals surface area contributed by atoms with Crippen molar-refractivity contribution in [2.75, 3.05) is 26.2 Å². The van der Waals surface area contributed by atoms with Gasteiger partial charge >= 0.3 is 0 Å². The van der Waals surface area contributed by atoms with Crippen LogP contribution in [0.25, 0.3) is 0 Å². The highest BCUT2D eigenvalue weighted by Crippen LogP contribution is 2.54. The van der Waals surface area contributed by atoms with Crippen molar-refractivity contribution in [3.8, 4) is 0 Å². The summed E-state index contributed by atoms with van der Waals surface area (Å²) in [6.07, 6.45) is 2.65. The first-order valence-electron chi connectivity index (χ1n) is 10.4. The smallest absolute Gasteiger partial charge is 0.251 e. The van der Waals surface area contributed by atoms with Crippen LogP contribution in [0.2, 0.25) is 0 Å². The minimum Gasteiger partial charge on any atom is -0.370 e. The lowest BCUT2D eigenvalue weighted by Crippen LogP contribution is -2.42. The van der Waals surface area contributed by atoms with E-state index in [9.17, 15) is 4.79 Å². The summed E-state index contributed by atoms with van der Waals surface area (Å²) < 4.78 is 6.53. The van der Waals surface area contributed by atoms with Gasteiger partial charge in [0.2, 0.25) is 0 Å². The Morgan fingerprint density at radius 3 is 2.81 bits per heavy atom. The van der Waals surface area contributed by atoms with Crippen LogP contribution in [0.3, 0.4) is 0 Å². The van der Waals surface area contributed by atoms with Crippen LogP contribution in [0.5, 0.6) is 0 Å². The average Bonchev–Trinajstić information content (AvgIpc) is 3.18. The SMILES string of the molecule is Cc1ccc(C(=O)NC[C@H]2[C@H]3CN(CC(C)(C)C)C[C@]34CC[C@H]2O4)c(C)c1. The molecule has 4 heteroatoms. The van der Waals surface area contributed by atoms with E-state index in [4.69, 9.17) is 4.74 Å². The van der Waals surface area contributed by atoms with Crippen molar-refractivity contribution in [2.45, 2.75) is 59.2 Å². The van der Waals surface area contributed by atoms with E-state index in [1.54, 1.807) is 0 Å². The van der Waals surface area contributed by atoms with Gasteiger partial charge in [0.15, 0.2) is 0 Å². The number of carbonyl (C=O) groups is 1. The summed E-state index contributed by atoms with van der Waals surface area (Å²) in [7, 11) is 0. The second-order valence-electron chi connectivity index (χ2n) is 10.3. The topological polar surface area (TPSA) is 41.6 Å². The number of likely N-dealkylation sites (tertiary alicyclic amines) is 1. The fraction of sp³-hybridized carbons (Fsp3) is 0.696. The molecule has 1 spiro atoms. The molecule has 0 aliphatic carbocycles. The maximum Gasteiger partial charge on any atom is 0.251 e. The van der Waals surface area contributed by atoms with Crippen molar-refractivity contribution in [1.29, 1.82) is 0 Å². The van der Waals surface area contributed by atoms with Crippen molar-refractivity contribution in [3.05, 3.63) is 34.9 Å². The summed E-state index contributed by atoms with van der Waals surface area (Å²) in [5.74, 6) is 1.05. The molecule has 1 aromatic carbocycles. The number of nitrogens with zero attached hydrogens (tertiary/aromatic N) is 1. The molecule has 1 aromatic rings. The zero-order valence-electron chi connectivity index (χ0n) is 17.5. The molecular weight excluding hydrogens is 336 g/mol. The number of aryl methyl sites for hydroxylation is 2. The van der Waals surface area contributed by atoms with Gasteiger partial charge in [-0.05, 0) is 43.7 Å². The van der Waals surface area contributed by atoms with Crippen molar-refractivity contribution >= 4 is 5.91 Å². The molecule has 0 radical (unpaired) electrons. The molecular formula is C23H34N2O2. The van der Waals surface area contributed by atoms with Crippen molar-refractivity contribution < 1.29 is 9.53 Å². The van der Waals surface area contributed by atoms with E-state index in [2.05, 4.69) is 44.0 Å². The van der Waals surface area contributed by atoms with Gasteiger partial charge in [0.05, 0.1) is 11.7 Å². The molecule has 0 unspecified atom stereocenters. The Morgan fingerprint density at radius 2 is 2.11 bits per heavy atom. The minimum absolute atomic E-state index is 0.0467. The number of fused-ring (bicyclic) bond motifs is 1. The van der Waals surface area contributed by atoms with Crippen LogP contribution in [0.4, 0.5) is 0 Å². The number of hydrogen-bond donors (Lipinski definition) is 1. The Balaban J connectivity index is 1.42. The van der Waals surface area contributed by atoms with E-state index in [0.717, 1.165) is 43.7 Å². The van der Waals surface area contributed by atoms with Gasteiger partial charge in [-0.25, -0.2) is 0 Å². The maximum atomic E-state index is 12.7. The van der Waals surface area contributed by atoms with Crippen molar-refractivity contribution in [3.63, 3.8) is 0 Å². The van der Waals surface area contributed by atoms with Gasteiger partial charge in [0.1, 0.15) is 0 Å². The number of carbonyl (C=O) groups excluding carboxylic acids is 1. The Kier molecular flexibility index (Phi) is 4.63. The molecule has 1 amide bonds. The zero-order valence-corrected chi connectivity index (χ0v) is 17.5. The predicted molar refractivity (Wildman–Crippen MR) is 108 cm³/mol. The lowest BCUT2D eigenvalue weighted by atomic mass is 9.73. The largest absolute Gasteiger partial charge is 0.370 e. The summed E-state index contributed by atoms with van der Waals surface area (Å²) in [5.41, 5.74) is 3.38. The third-order valence-corrected chi connectivity index (χ3v) is 6.68. The third-order valence-electron chi connectivity index (χ3n) is 6.68. The number of nitrogens with one attached hydrogen (secondary N) is 1. The second-order valence-corrected chi connectivity index (χ2v) is 10.3. The van der Waals surface area contributed by atoms with E-state index >= 15 is 0 Å². The minimum atomic E-state index is 0.0467. The average molecular weight is 371 g/mol. The van der Waals surface area contributed by atoms with Crippen LogP contribution in [0.15, 0.2) is 18.2 Å². The first-order valence-corrected chi connectivity index (χ1v) is 10.4. The lowest BCUT2D eigenvalue weighted by molar-refractivity contribution is 0.000433. The van der Waals surface area contributed by atoms with E-state index in [1.165, 1.54) is 12.0 Å². The molecule has 3 aliphatic rings. The molecule has 27 heavy (non-hydrogen) atoms. The molecule has 2 bridgehead atoms. The number of amides is 1. The molecule has 3 saturated heterocycles. The van der Waals surface area contributed by atoms with Crippen LogP contribution in [0.1, 0.15) is 55.1 Å². The standard InChI is InChI=1S/C23H34N2O2/c1-15-6-7-17(16(2)10-15)21(26)24-11-18-19-12-25(13-22(3,4)5)14-23(19)9-8-20(18)27-23/h6-7,10,18-20H,8-9,11-14H2,1-5H3,(H,24,26)/t18-,19+,20+,23+/m0/s1. The Morgan fingerprint density at radius 1 is 1.33 bits per heavy atom. The molecule has 3 aliphatic heterocycles. The predicted octanol–water partition coefficient (Wildman–Crippen LogP) is 3.56. The molecule has 0 saturated carbocycles.